The molecule has 0 aliphatic rings. The number of rotatable bonds is 5. The van der Waals surface area contributed by atoms with Crippen LogP contribution < -0.4 is 5.32 Å². The fourth-order valence-electron chi connectivity index (χ4n) is 1.67. The first kappa shape index (κ1) is 14.9. The SMILES string of the molecule is Cc1ccnc(Sc2ccc(F)cc2CNC(C)C)n1. The molecule has 2 aromatic rings. The van der Waals surface area contributed by atoms with Crippen LogP contribution in [0.25, 0.3) is 0 Å². The van der Waals surface area contributed by atoms with Gasteiger partial charge < -0.3 is 5.32 Å². The lowest BCUT2D eigenvalue weighted by Crippen LogP contribution is -2.22. The summed E-state index contributed by atoms with van der Waals surface area (Å²) >= 11 is 1.46. The van der Waals surface area contributed by atoms with E-state index >= 15 is 0 Å². The highest BCUT2D eigenvalue weighted by Crippen LogP contribution is 2.28. The van der Waals surface area contributed by atoms with Gasteiger partial charge >= 0.3 is 0 Å². The van der Waals surface area contributed by atoms with Crippen molar-refractivity contribution >= 4 is 11.8 Å². The summed E-state index contributed by atoms with van der Waals surface area (Å²) in [7, 11) is 0. The zero-order chi connectivity index (χ0) is 14.5. The third-order valence-electron chi connectivity index (χ3n) is 2.70. The first-order valence-electron chi connectivity index (χ1n) is 6.54. The van der Waals surface area contributed by atoms with Gasteiger partial charge in [0.1, 0.15) is 5.82 Å². The number of nitrogens with one attached hydrogen (secondary N) is 1. The number of aromatic nitrogens is 2. The van der Waals surface area contributed by atoms with E-state index in [1.165, 1.54) is 17.8 Å². The molecule has 0 amide bonds. The number of hydrogen-bond acceptors (Lipinski definition) is 4. The second kappa shape index (κ2) is 6.81. The average molecular weight is 291 g/mol. The third kappa shape index (κ3) is 4.28. The van der Waals surface area contributed by atoms with Gasteiger partial charge in [0.25, 0.3) is 0 Å². The van der Waals surface area contributed by atoms with Crippen LogP contribution in [0.3, 0.4) is 0 Å². The van der Waals surface area contributed by atoms with E-state index in [-0.39, 0.29) is 5.82 Å². The highest BCUT2D eigenvalue weighted by atomic mass is 32.2. The van der Waals surface area contributed by atoms with E-state index in [0.29, 0.717) is 17.7 Å². The van der Waals surface area contributed by atoms with Gasteiger partial charge in [0.2, 0.25) is 0 Å². The zero-order valence-electron chi connectivity index (χ0n) is 11.9. The fraction of sp³-hybridized carbons (Fsp3) is 0.333. The number of nitrogens with zero attached hydrogens (tertiary/aromatic N) is 2. The van der Waals surface area contributed by atoms with Crippen LogP contribution >= 0.6 is 11.8 Å². The highest BCUT2D eigenvalue weighted by Gasteiger charge is 2.08. The molecule has 0 unspecified atom stereocenters. The van der Waals surface area contributed by atoms with E-state index in [1.54, 1.807) is 18.3 Å². The lowest BCUT2D eigenvalue weighted by atomic mass is 10.2. The molecule has 3 nitrogen and oxygen atoms in total. The van der Waals surface area contributed by atoms with Gasteiger partial charge in [-0.05, 0) is 48.5 Å². The van der Waals surface area contributed by atoms with Crippen LogP contribution in [-0.4, -0.2) is 16.0 Å². The van der Waals surface area contributed by atoms with Crippen LogP contribution in [0.2, 0.25) is 0 Å². The van der Waals surface area contributed by atoms with Gasteiger partial charge in [-0.3, -0.25) is 0 Å². The van der Waals surface area contributed by atoms with Gasteiger partial charge in [0, 0.05) is 29.4 Å². The summed E-state index contributed by atoms with van der Waals surface area (Å²) in [6.07, 6.45) is 1.74. The number of halogens is 1. The molecule has 0 atom stereocenters. The third-order valence-corrected chi connectivity index (χ3v) is 3.69. The molecule has 0 spiro atoms. The summed E-state index contributed by atoms with van der Waals surface area (Å²) in [5.74, 6) is -0.222. The number of benzene rings is 1. The maximum absolute atomic E-state index is 13.4. The quantitative estimate of drug-likeness (QED) is 0.855. The second-order valence-corrected chi connectivity index (χ2v) is 5.88. The Bertz CT molecular complexity index is 587. The van der Waals surface area contributed by atoms with Crippen LogP contribution in [-0.2, 0) is 6.54 Å². The molecular formula is C15H18FN3S. The predicted molar refractivity (Wildman–Crippen MR) is 79.3 cm³/mol. The average Bonchev–Trinajstić information content (AvgIpc) is 2.39. The van der Waals surface area contributed by atoms with Crippen molar-refractivity contribution in [3.8, 4) is 0 Å². The Kier molecular flexibility index (Phi) is 5.09. The normalized spacial score (nSPS) is 11.1. The topological polar surface area (TPSA) is 37.8 Å². The molecule has 0 aliphatic heterocycles. The van der Waals surface area contributed by atoms with Crippen molar-refractivity contribution in [2.45, 2.75) is 43.4 Å². The number of hydrogen-bond donors (Lipinski definition) is 1. The molecule has 0 fully saturated rings. The van der Waals surface area contributed by atoms with Gasteiger partial charge in [-0.25, -0.2) is 14.4 Å². The van der Waals surface area contributed by atoms with Crippen molar-refractivity contribution in [2.75, 3.05) is 0 Å². The highest BCUT2D eigenvalue weighted by molar-refractivity contribution is 7.99. The van der Waals surface area contributed by atoms with Crippen LogP contribution in [0.1, 0.15) is 25.1 Å². The van der Waals surface area contributed by atoms with Crippen LogP contribution in [0.5, 0.6) is 0 Å². The van der Waals surface area contributed by atoms with Gasteiger partial charge in [0.05, 0.1) is 0 Å². The lowest BCUT2D eigenvalue weighted by molar-refractivity contribution is 0.576. The molecule has 0 bridgehead atoms. The predicted octanol–water partition coefficient (Wildman–Crippen LogP) is 3.57. The first-order valence-corrected chi connectivity index (χ1v) is 7.35. The summed E-state index contributed by atoms with van der Waals surface area (Å²) in [6, 6.07) is 7.02. The Morgan fingerprint density at radius 2 is 2.10 bits per heavy atom. The second-order valence-electron chi connectivity index (χ2n) is 4.87. The Balaban J connectivity index is 2.21. The summed E-state index contributed by atoms with van der Waals surface area (Å²) in [5, 5.41) is 3.99. The monoisotopic (exact) mass is 291 g/mol. The summed E-state index contributed by atoms with van der Waals surface area (Å²) < 4.78 is 13.4. The Hall–Kier alpha value is -1.46. The Morgan fingerprint density at radius 3 is 2.80 bits per heavy atom. The molecule has 2 rings (SSSR count). The largest absolute Gasteiger partial charge is 0.310 e. The van der Waals surface area contributed by atoms with Crippen molar-refractivity contribution in [1.82, 2.24) is 15.3 Å². The van der Waals surface area contributed by atoms with E-state index in [2.05, 4.69) is 29.1 Å². The minimum Gasteiger partial charge on any atom is -0.310 e. The Labute approximate surface area is 123 Å². The van der Waals surface area contributed by atoms with Crippen molar-refractivity contribution in [3.63, 3.8) is 0 Å². The molecule has 5 heteroatoms. The number of aryl methyl sites for hydroxylation is 1. The van der Waals surface area contributed by atoms with Gasteiger partial charge in [-0.15, -0.1) is 0 Å². The first-order chi connectivity index (χ1) is 9.54. The van der Waals surface area contributed by atoms with Crippen molar-refractivity contribution in [3.05, 3.63) is 47.5 Å². The summed E-state index contributed by atoms with van der Waals surface area (Å²) in [4.78, 5) is 9.57. The summed E-state index contributed by atoms with van der Waals surface area (Å²) in [5.41, 5.74) is 1.85. The maximum Gasteiger partial charge on any atom is 0.192 e. The van der Waals surface area contributed by atoms with Crippen molar-refractivity contribution < 1.29 is 4.39 Å². The van der Waals surface area contributed by atoms with Gasteiger partial charge in [-0.2, -0.15) is 0 Å². The molecule has 0 saturated heterocycles. The molecule has 1 aromatic carbocycles. The van der Waals surface area contributed by atoms with Crippen molar-refractivity contribution in [2.24, 2.45) is 0 Å². The molecule has 0 radical (unpaired) electrons. The van der Waals surface area contributed by atoms with E-state index in [4.69, 9.17) is 0 Å². The van der Waals surface area contributed by atoms with Crippen LogP contribution in [0.4, 0.5) is 4.39 Å². The summed E-state index contributed by atoms with van der Waals surface area (Å²) in [6.45, 7) is 6.69. The van der Waals surface area contributed by atoms with Crippen LogP contribution in [0, 0.1) is 12.7 Å². The molecule has 0 saturated carbocycles. The fourth-order valence-corrected chi connectivity index (χ4v) is 2.57. The lowest BCUT2D eigenvalue weighted by Gasteiger charge is -2.12. The van der Waals surface area contributed by atoms with E-state index in [9.17, 15) is 4.39 Å². The molecule has 1 aromatic heterocycles. The molecule has 20 heavy (non-hydrogen) atoms. The minimum atomic E-state index is -0.222. The molecule has 1 N–H and O–H groups in total. The maximum atomic E-state index is 13.4. The van der Waals surface area contributed by atoms with Gasteiger partial charge in [0.15, 0.2) is 5.16 Å². The molecule has 106 valence electrons. The zero-order valence-corrected chi connectivity index (χ0v) is 12.7. The standard InChI is InChI=1S/C15H18FN3S/c1-10(2)18-9-12-8-13(16)4-5-14(12)20-15-17-7-6-11(3)19-15/h4-8,10,18H,9H2,1-3H3. The smallest absolute Gasteiger partial charge is 0.192 e. The minimum absolute atomic E-state index is 0.222. The molecular weight excluding hydrogens is 273 g/mol. The molecule has 0 aliphatic carbocycles. The van der Waals surface area contributed by atoms with Gasteiger partial charge in [-0.1, -0.05) is 13.8 Å². The van der Waals surface area contributed by atoms with E-state index in [1.807, 2.05) is 13.0 Å². The van der Waals surface area contributed by atoms with Crippen LogP contribution in [0.15, 0.2) is 40.5 Å². The van der Waals surface area contributed by atoms with Crippen molar-refractivity contribution in [1.29, 1.82) is 0 Å². The van der Waals surface area contributed by atoms with E-state index in [0.717, 1.165) is 16.2 Å². The Morgan fingerprint density at radius 1 is 1.30 bits per heavy atom. The van der Waals surface area contributed by atoms with E-state index < -0.39 is 0 Å². The molecule has 1 heterocycles.